The van der Waals surface area contributed by atoms with E-state index in [0.717, 1.165) is 61.4 Å². The molecule has 1 unspecified atom stereocenters. The van der Waals surface area contributed by atoms with Crippen LogP contribution >= 0.6 is 24.0 Å². The van der Waals surface area contributed by atoms with Gasteiger partial charge in [0.1, 0.15) is 17.2 Å². The summed E-state index contributed by atoms with van der Waals surface area (Å²) >= 11 is 0. The lowest BCUT2D eigenvalue weighted by Gasteiger charge is -2.21. The standard InChI is InChI=1S/C24H34N4O3.HI/c1-5-25-24(26-11-9-18-7-6-8-21(13-18)29-2)27-19-10-12-28(17-19)20-14-22(30-3)16-23(15-20)31-4;/h6-8,13-16,19H,5,9-12,17H2,1-4H3,(H2,25,26,27);1H. The average molecular weight is 554 g/mol. The molecule has 2 N–H and O–H groups in total. The van der Waals surface area contributed by atoms with E-state index in [9.17, 15) is 0 Å². The molecule has 0 spiro atoms. The summed E-state index contributed by atoms with van der Waals surface area (Å²) in [6.45, 7) is 5.50. The summed E-state index contributed by atoms with van der Waals surface area (Å²) in [6, 6.07) is 14.5. The predicted octanol–water partition coefficient (Wildman–Crippen LogP) is 3.71. The Morgan fingerprint density at radius 2 is 1.75 bits per heavy atom. The van der Waals surface area contributed by atoms with E-state index in [-0.39, 0.29) is 24.0 Å². The third-order valence-electron chi connectivity index (χ3n) is 5.38. The Hall–Kier alpha value is -2.36. The maximum atomic E-state index is 5.42. The largest absolute Gasteiger partial charge is 0.497 e. The minimum Gasteiger partial charge on any atom is -0.497 e. The second kappa shape index (κ2) is 13.2. The van der Waals surface area contributed by atoms with Gasteiger partial charge in [0.2, 0.25) is 0 Å². The number of rotatable bonds is 9. The zero-order valence-electron chi connectivity index (χ0n) is 19.4. The predicted molar refractivity (Wildman–Crippen MR) is 141 cm³/mol. The van der Waals surface area contributed by atoms with Crippen molar-refractivity contribution in [2.75, 3.05) is 52.4 Å². The Kier molecular flexibility index (Phi) is 10.7. The van der Waals surface area contributed by atoms with Crippen molar-refractivity contribution >= 4 is 35.6 Å². The van der Waals surface area contributed by atoms with E-state index < -0.39 is 0 Å². The van der Waals surface area contributed by atoms with E-state index in [1.54, 1.807) is 21.3 Å². The Morgan fingerprint density at radius 1 is 1.03 bits per heavy atom. The summed E-state index contributed by atoms with van der Waals surface area (Å²) in [6.07, 6.45) is 1.91. The van der Waals surface area contributed by atoms with Crippen LogP contribution in [-0.2, 0) is 6.42 Å². The van der Waals surface area contributed by atoms with E-state index >= 15 is 0 Å². The van der Waals surface area contributed by atoms with Crippen LogP contribution in [0.2, 0.25) is 0 Å². The molecule has 3 rings (SSSR count). The maximum absolute atomic E-state index is 5.42. The van der Waals surface area contributed by atoms with Crippen molar-refractivity contribution in [3.05, 3.63) is 48.0 Å². The quantitative estimate of drug-likeness (QED) is 0.280. The zero-order chi connectivity index (χ0) is 22.1. The van der Waals surface area contributed by atoms with E-state index in [1.807, 2.05) is 18.2 Å². The molecule has 1 aliphatic heterocycles. The highest BCUT2D eigenvalue weighted by molar-refractivity contribution is 14.0. The molecule has 1 atom stereocenters. The van der Waals surface area contributed by atoms with Crippen LogP contribution in [0.3, 0.4) is 0 Å². The smallest absolute Gasteiger partial charge is 0.191 e. The normalized spacial score (nSPS) is 15.7. The lowest BCUT2D eigenvalue weighted by molar-refractivity contribution is 0.394. The topological polar surface area (TPSA) is 67.4 Å². The minimum atomic E-state index is 0. The molecule has 0 aromatic heterocycles. The van der Waals surface area contributed by atoms with Crippen molar-refractivity contribution in [3.8, 4) is 17.2 Å². The van der Waals surface area contributed by atoms with Crippen LogP contribution in [0.4, 0.5) is 5.69 Å². The highest BCUT2D eigenvalue weighted by atomic mass is 127. The van der Waals surface area contributed by atoms with Gasteiger partial charge in [-0.15, -0.1) is 24.0 Å². The van der Waals surface area contributed by atoms with Crippen LogP contribution in [-0.4, -0.2) is 59.5 Å². The van der Waals surface area contributed by atoms with Gasteiger partial charge in [0, 0.05) is 56.1 Å². The first-order valence-corrected chi connectivity index (χ1v) is 10.8. The Balaban J connectivity index is 0.00000363. The summed E-state index contributed by atoms with van der Waals surface area (Å²) in [5.74, 6) is 3.35. The number of methoxy groups -OCH3 is 3. The van der Waals surface area contributed by atoms with Gasteiger partial charge in [-0.25, -0.2) is 0 Å². The first-order chi connectivity index (χ1) is 15.1. The monoisotopic (exact) mass is 554 g/mol. The number of aliphatic imine (C=N–C) groups is 1. The fourth-order valence-electron chi connectivity index (χ4n) is 3.73. The second-order valence-corrected chi connectivity index (χ2v) is 7.51. The SMILES string of the molecule is CCNC(=NCCc1cccc(OC)c1)NC1CCN(c2cc(OC)cc(OC)c2)C1.I. The van der Waals surface area contributed by atoms with Crippen LogP contribution in [0.1, 0.15) is 18.9 Å². The van der Waals surface area contributed by atoms with Crippen molar-refractivity contribution in [2.24, 2.45) is 4.99 Å². The third-order valence-corrected chi connectivity index (χ3v) is 5.38. The molecule has 2 aromatic rings. The summed E-state index contributed by atoms with van der Waals surface area (Å²) in [5, 5.41) is 6.96. The number of nitrogens with zero attached hydrogens (tertiary/aromatic N) is 2. The van der Waals surface area contributed by atoms with Crippen LogP contribution in [0.25, 0.3) is 0 Å². The summed E-state index contributed by atoms with van der Waals surface area (Å²) in [4.78, 5) is 7.13. The molecule has 32 heavy (non-hydrogen) atoms. The molecule has 2 aromatic carbocycles. The van der Waals surface area contributed by atoms with Gasteiger partial charge in [-0.2, -0.15) is 0 Å². The van der Waals surface area contributed by atoms with Gasteiger partial charge >= 0.3 is 0 Å². The van der Waals surface area contributed by atoms with Gasteiger partial charge in [0.15, 0.2) is 5.96 Å². The molecule has 1 aliphatic rings. The highest BCUT2D eigenvalue weighted by Crippen LogP contribution is 2.30. The molecule has 0 aliphatic carbocycles. The van der Waals surface area contributed by atoms with E-state index in [0.29, 0.717) is 12.6 Å². The second-order valence-electron chi connectivity index (χ2n) is 7.51. The Morgan fingerprint density at radius 3 is 2.41 bits per heavy atom. The summed E-state index contributed by atoms with van der Waals surface area (Å²) in [7, 11) is 5.05. The molecule has 7 nitrogen and oxygen atoms in total. The molecule has 176 valence electrons. The molecule has 1 saturated heterocycles. The lowest BCUT2D eigenvalue weighted by atomic mass is 10.1. The lowest BCUT2D eigenvalue weighted by Crippen LogP contribution is -2.44. The highest BCUT2D eigenvalue weighted by Gasteiger charge is 2.24. The number of hydrogen-bond donors (Lipinski definition) is 2. The van der Waals surface area contributed by atoms with Crippen molar-refractivity contribution in [1.82, 2.24) is 10.6 Å². The molecular weight excluding hydrogens is 519 g/mol. The van der Waals surface area contributed by atoms with Gasteiger partial charge in [-0.1, -0.05) is 12.1 Å². The fourth-order valence-corrected chi connectivity index (χ4v) is 3.73. The van der Waals surface area contributed by atoms with E-state index in [4.69, 9.17) is 19.2 Å². The van der Waals surface area contributed by atoms with Crippen molar-refractivity contribution in [3.63, 3.8) is 0 Å². The van der Waals surface area contributed by atoms with Crippen molar-refractivity contribution < 1.29 is 14.2 Å². The number of benzene rings is 2. The fraction of sp³-hybridized carbons (Fsp3) is 0.458. The molecule has 1 fully saturated rings. The zero-order valence-corrected chi connectivity index (χ0v) is 21.7. The molecule has 8 heteroatoms. The maximum Gasteiger partial charge on any atom is 0.191 e. The van der Waals surface area contributed by atoms with Crippen LogP contribution in [0, 0.1) is 0 Å². The van der Waals surface area contributed by atoms with E-state index in [1.165, 1.54) is 5.56 Å². The molecule has 0 bridgehead atoms. The molecule has 0 radical (unpaired) electrons. The average Bonchev–Trinajstić information content (AvgIpc) is 3.27. The van der Waals surface area contributed by atoms with Crippen LogP contribution in [0.5, 0.6) is 17.2 Å². The van der Waals surface area contributed by atoms with Crippen LogP contribution < -0.4 is 29.7 Å². The first kappa shape index (κ1) is 25.9. The van der Waals surface area contributed by atoms with Gasteiger partial charge in [-0.3, -0.25) is 4.99 Å². The van der Waals surface area contributed by atoms with Gasteiger partial charge in [0.25, 0.3) is 0 Å². The summed E-state index contributed by atoms with van der Waals surface area (Å²) in [5.41, 5.74) is 2.33. The Labute approximate surface area is 208 Å². The first-order valence-electron chi connectivity index (χ1n) is 10.8. The molecule has 1 heterocycles. The van der Waals surface area contributed by atoms with Gasteiger partial charge in [0.05, 0.1) is 21.3 Å². The van der Waals surface area contributed by atoms with Crippen LogP contribution in [0.15, 0.2) is 47.5 Å². The van der Waals surface area contributed by atoms with E-state index in [2.05, 4.69) is 46.7 Å². The number of ether oxygens (including phenoxy) is 3. The summed E-state index contributed by atoms with van der Waals surface area (Å²) < 4.78 is 16.1. The van der Waals surface area contributed by atoms with Crippen molar-refractivity contribution in [2.45, 2.75) is 25.8 Å². The molecule has 0 amide bonds. The minimum absolute atomic E-state index is 0. The number of halogens is 1. The van der Waals surface area contributed by atoms with Gasteiger partial charge in [-0.05, 0) is 37.5 Å². The number of anilines is 1. The number of hydrogen-bond acceptors (Lipinski definition) is 5. The number of nitrogens with one attached hydrogen (secondary N) is 2. The number of guanidine groups is 1. The van der Waals surface area contributed by atoms with Gasteiger partial charge < -0.3 is 29.7 Å². The Bertz CT molecular complexity index is 856. The molecular formula is C24H35IN4O3. The molecule has 0 saturated carbocycles. The van der Waals surface area contributed by atoms with Crippen molar-refractivity contribution in [1.29, 1.82) is 0 Å². The third kappa shape index (κ3) is 7.36.